The van der Waals surface area contributed by atoms with E-state index < -0.39 is 0 Å². The fourth-order valence-electron chi connectivity index (χ4n) is 3.51. The molecule has 3 heterocycles. The van der Waals surface area contributed by atoms with E-state index in [0.717, 1.165) is 11.3 Å². The molecular formula is C19H21ClN6O2. The van der Waals surface area contributed by atoms with Crippen LogP contribution < -0.4 is 16.3 Å². The maximum absolute atomic E-state index is 13.0. The Labute approximate surface area is 166 Å². The number of hydrazone groups is 1. The van der Waals surface area contributed by atoms with E-state index in [2.05, 4.69) is 10.1 Å². The van der Waals surface area contributed by atoms with Crippen LogP contribution in [0.1, 0.15) is 25.8 Å². The van der Waals surface area contributed by atoms with Gasteiger partial charge in [0.1, 0.15) is 0 Å². The van der Waals surface area contributed by atoms with E-state index in [1.807, 2.05) is 42.7 Å². The fourth-order valence-corrected chi connectivity index (χ4v) is 3.63. The molecule has 0 fully saturated rings. The molecule has 3 aromatic rings. The minimum atomic E-state index is -0.350. The number of rotatable bonds is 4. The molecule has 0 N–H and O–H groups in total. The molecule has 146 valence electrons. The fraction of sp³-hybridized carbons (Fsp3) is 0.368. The first kappa shape index (κ1) is 18.5. The van der Waals surface area contributed by atoms with E-state index in [9.17, 15) is 9.59 Å². The molecule has 4 rings (SSSR count). The predicted octanol–water partition coefficient (Wildman–Crippen LogP) is 2.36. The van der Waals surface area contributed by atoms with Gasteiger partial charge in [-0.3, -0.25) is 18.5 Å². The number of halogens is 1. The molecule has 28 heavy (non-hydrogen) atoms. The summed E-state index contributed by atoms with van der Waals surface area (Å²) in [6.07, 6.45) is 0.699. The summed E-state index contributed by atoms with van der Waals surface area (Å²) in [5.74, 6) is 0.553. The molecule has 2 aromatic heterocycles. The van der Waals surface area contributed by atoms with Crippen molar-refractivity contribution in [3.63, 3.8) is 0 Å². The van der Waals surface area contributed by atoms with Crippen LogP contribution in [-0.4, -0.2) is 24.4 Å². The van der Waals surface area contributed by atoms with Crippen molar-refractivity contribution < 1.29 is 0 Å². The van der Waals surface area contributed by atoms with Crippen LogP contribution in [-0.2, 0) is 26.7 Å². The Morgan fingerprint density at radius 3 is 2.57 bits per heavy atom. The van der Waals surface area contributed by atoms with E-state index in [-0.39, 0.29) is 11.2 Å². The highest BCUT2D eigenvalue weighted by Gasteiger charge is 2.26. The van der Waals surface area contributed by atoms with Crippen LogP contribution in [0.5, 0.6) is 0 Å². The second-order valence-corrected chi connectivity index (χ2v) is 7.42. The molecule has 9 heteroatoms. The Morgan fingerprint density at radius 1 is 1.18 bits per heavy atom. The van der Waals surface area contributed by atoms with Gasteiger partial charge in [-0.05, 0) is 31.0 Å². The zero-order chi connectivity index (χ0) is 20.0. The van der Waals surface area contributed by atoms with Crippen LogP contribution in [0.3, 0.4) is 0 Å². The molecule has 8 nitrogen and oxygen atoms in total. The topological polar surface area (TPSA) is 77.4 Å². The molecule has 1 aliphatic heterocycles. The molecule has 0 saturated carbocycles. The van der Waals surface area contributed by atoms with Crippen molar-refractivity contribution in [2.75, 3.05) is 5.01 Å². The van der Waals surface area contributed by atoms with Crippen LogP contribution in [0.25, 0.3) is 11.2 Å². The molecule has 0 unspecified atom stereocenters. The highest BCUT2D eigenvalue weighted by Crippen LogP contribution is 2.25. The van der Waals surface area contributed by atoms with Gasteiger partial charge < -0.3 is 0 Å². The van der Waals surface area contributed by atoms with Gasteiger partial charge in [-0.2, -0.15) is 10.1 Å². The number of aryl methyl sites for hydroxylation is 1. The van der Waals surface area contributed by atoms with Gasteiger partial charge in [0.15, 0.2) is 11.2 Å². The smallest absolute Gasteiger partial charge is 0.297 e. The van der Waals surface area contributed by atoms with E-state index in [4.69, 9.17) is 11.6 Å². The number of hydrogen-bond acceptors (Lipinski definition) is 5. The quantitative estimate of drug-likeness (QED) is 0.673. The summed E-state index contributed by atoms with van der Waals surface area (Å²) in [5.41, 5.74) is 2.02. The Balaban J connectivity index is 1.89. The van der Waals surface area contributed by atoms with Crippen molar-refractivity contribution in [1.29, 1.82) is 0 Å². The maximum Gasteiger partial charge on any atom is 0.332 e. The van der Waals surface area contributed by atoms with Gasteiger partial charge in [0.2, 0.25) is 5.95 Å². The Morgan fingerprint density at radius 2 is 1.89 bits per heavy atom. The molecule has 1 aliphatic rings. The average Bonchev–Trinajstić information content (AvgIpc) is 3.05. The zero-order valence-electron chi connectivity index (χ0n) is 16.0. The molecule has 0 amide bonds. The molecule has 0 radical (unpaired) electrons. The predicted molar refractivity (Wildman–Crippen MR) is 110 cm³/mol. The second kappa shape index (κ2) is 6.94. The van der Waals surface area contributed by atoms with Gasteiger partial charge in [0.25, 0.3) is 5.56 Å². The molecule has 0 saturated heterocycles. The van der Waals surface area contributed by atoms with Crippen molar-refractivity contribution in [2.45, 2.75) is 39.9 Å². The van der Waals surface area contributed by atoms with E-state index in [1.54, 1.807) is 12.1 Å². The van der Waals surface area contributed by atoms with Crippen LogP contribution in [0.4, 0.5) is 5.95 Å². The van der Waals surface area contributed by atoms with Crippen molar-refractivity contribution in [2.24, 2.45) is 12.1 Å². The molecule has 0 atom stereocenters. The minimum Gasteiger partial charge on any atom is -0.297 e. The van der Waals surface area contributed by atoms with E-state index in [0.29, 0.717) is 48.2 Å². The van der Waals surface area contributed by atoms with E-state index >= 15 is 0 Å². The number of benzene rings is 1. The van der Waals surface area contributed by atoms with Crippen LogP contribution >= 0.6 is 11.6 Å². The third kappa shape index (κ3) is 2.93. The maximum atomic E-state index is 13.0. The van der Waals surface area contributed by atoms with Gasteiger partial charge >= 0.3 is 5.69 Å². The summed E-state index contributed by atoms with van der Waals surface area (Å²) in [6, 6.07) is 7.51. The minimum absolute atomic E-state index is 0.306. The molecule has 0 bridgehead atoms. The van der Waals surface area contributed by atoms with Gasteiger partial charge in [-0.15, -0.1) is 0 Å². The summed E-state index contributed by atoms with van der Waals surface area (Å²) in [5, 5.41) is 7.04. The molecule has 1 aromatic carbocycles. The van der Waals surface area contributed by atoms with Gasteiger partial charge in [-0.25, -0.2) is 9.80 Å². The van der Waals surface area contributed by atoms with Crippen LogP contribution in [0, 0.1) is 0 Å². The zero-order valence-corrected chi connectivity index (χ0v) is 16.8. The summed E-state index contributed by atoms with van der Waals surface area (Å²) >= 11 is 5.98. The van der Waals surface area contributed by atoms with Crippen LogP contribution in [0.15, 0.2) is 39.0 Å². The summed E-state index contributed by atoms with van der Waals surface area (Å²) in [7, 11) is 1.65. The Bertz CT molecular complexity index is 1200. The highest BCUT2D eigenvalue weighted by molar-refractivity contribution is 6.30. The summed E-state index contributed by atoms with van der Waals surface area (Å²) in [4.78, 5) is 30.3. The van der Waals surface area contributed by atoms with Gasteiger partial charge in [0.05, 0.1) is 18.8 Å². The first-order valence-corrected chi connectivity index (χ1v) is 9.54. The summed E-state index contributed by atoms with van der Waals surface area (Å²) < 4.78 is 4.57. The number of fused-ring (bicyclic) bond motifs is 3. The van der Waals surface area contributed by atoms with Crippen LogP contribution in [0.2, 0.25) is 5.02 Å². The number of imidazole rings is 1. The van der Waals surface area contributed by atoms with Crippen molar-refractivity contribution in [3.05, 3.63) is 55.7 Å². The molecular weight excluding hydrogens is 380 g/mol. The lowest BCUT2D eigenvalue weighted by Gasteiger charge is -2.25. The average molecular weight is 401 g/mol. The number of nitrogens with zero attached hydrogens (tertiary/aromatic N) is 6. The normalized spacial score (nSPS) is 13.7. The third-order valence-electron chi connectivity index (χ3n) is 4.81. The van der Waals surface area contributed by atoms with Crippen molar-refractivity contribution in [1.82, 2.24) is 18.7 Å². The van der Waals surface area contributed by atoms with Gasteiger partial charge in [-0.1, -0.05) is 30.7 Å². The lowest BCUT2D eigenvalue weighted by molar-refractivity contribution is 0.590. The lowest BCUT2D eigenvalue weighted by Crippen LogP contribution is -2.40. The molecule has 0 spiro atoms. The van der Waals surface area contributed by atoms with Crippen molar-refractivity contribution >= 4 is 34.4 Å². The van der Waals surface area contributed by atoms with E-state index in [1.165, 1.54) is 9.13 Å². The largest absolute Gasteiger partial charge is 0.332 e. The number of aromatic nitrogens is 4. The van der Waals surface area contributed by atoms with Gasteiger partial charge in [0, 0.05) is 18.6 Å². The lowest BCUT2D eigenvalue weighted by atomic mass is 10.2. The third-order valence-corrected chi connectivity index (χ3v) is 5.07. The standard InChI is InChI=1S/C19H21ClN6O2/c1-4-9-24-17(27)15-16(23(3)19(24)28)21-18-25(15)10-12(2)22-26(18)11-13-5-7-14(20)8-6-13/h5-8H,4,9-11H2,1-3H3. The first-order chi connectivity index (χ1) is 13.4. The monoisotopic (exact) mass is 400 g/mol. The Hall–Kier alpha value is -2.87. The Kier molecular flexibility index (Phi) is 4.58. The van der Waals surface area contributed by atoms with Crippen molar-refractivity contribution in [3.8, 4) is 0 Å². The number of anilines is 1. The first-order valence-electron chi connectivity index (χ1n) is 9.16. The highest BCUT2D eigenvalue weighted by atomic mass is 35.5. The second-order valence-electron chi connectivity index (χ2n) is 6.99. The molecule has 0 aliphatic carbocycles. The number of hydrogen-bond donors (Lipinski definition) is 0. The summed E-state index contributed by atoms with van der Waals surface area (Å²) in [6.45, 7) is 5.17. The SMILES string of the molecule is CCCn1c(=O)c2c(nc3n2CC(C)=NN3Cc2ccc(Cl)cc2)n(C)c1=O.